The number of methoxy groups -OCH3 is 1. The highest BCUT2D eigenvalue weighted by Crippen LogP contribution is 2.34. The first kappa shape index (κ1) is 23.2. The Labute approximate surface area is 183 Å². The maximum absolute atomic E-state index is 14.5. The van der Waals surface area contributed by atoms with Crippen LogP contribution in [0.4, 0.5) is 8.78 Å². The fourth-order valence-corrected chi connectivity index (χ4v) is 3.69. The third-order valence-corrected chi connectivity index (χ3v) is 5.19. The molecule has 0 amide bonds. The van der Waals surface area contributed by atoms with Crippen molar-refractivity contribution in [2.45, 2.75) is 13.0 Å². The van der Waals surface area contributed by atoms with E-state index in [1.54, 1.807) is 0 Å². The predicted molar refractivity (Wildman–Crippen MR) is 110 cm³/mol. The van der Waals surface area contributed by atoms with Gasteiger partial charge in [-0.15, -0.1) is 0 Å². The van der Waals surface area contributed by atoms with E-state index in [4.69, 9.17) is 16.3 Å². The molecule has 3 N–H and O–H groups in total. The van der Waals surface area contributed by atoms with Gasteiger partial charge < -0.3 is 24.6 Å². The molecular weight excluding hydrogens is 452 g/mol. The number of aromatic carboxylic acids is 2. The van der Waals surface area contributed by atoms with E-state index in [0.29, 0.717) is 0 Å². The molecule has 11 heteroatoms. The summed E-state index contributed by atoms with van der Waals surface area (Å²) in [5, 5.41) is 27.9. The van der Waals surface area contributed by atoms with E-state index in [9.17, 15) is 38.5 Å². The Morgan fingerprint density at radius 2 is 1.88 bits per heavy atom. The van der Waals surface area contributed by atoms with Crippen LogP contribution in [0.25, 0.3) is 10.9 Å². The lowest BCUT2D eigenvalue weighted by Crippen LogP contribution is -2.21. The summed E-state index contributed by atoms with van der Waals surface area (Å²) < 4.78 is 35.2. The number of aromatic nitrogens is 1. The normalized spacial score (nSPS) is 11.0. The van der Waals surface area contributed by atoms with Gasteiger partial charge in [0.1, 0.15) is 22.8 Å². The number of benzene rings is 2. The number of carboxylic acid groups (broad SMARTS) is 2. The van der Waals surface area contributed by atoms with E-state index in [1.165, 1.54) is 4.57 Å². The summed E-state index contributed by atoms with van der Waals surface area (Å²) in [5.41, 5.74) is -2.88. The molecule has 2 aromatic carbocycles. The first-order chi connectivity index (χ1) is 15.1. The summed E-state index contributed by atoms with van der Waals surface area (Å²) >= 11 is 5.72. The minimum Gasteiger partial charge on any atom is -0.494 e. The van der Waals surface area contributed by atoms with Crippen molar-refractivity contribution in [2.24, 2.45) is 0 Å². The van der Waals surface area contributed by atoms with E-state index in [-0.39, 0.29) is 33.8 Å². The van der Waals surface area contributed by atoms with Gasteiger partial charge in [-0.25, -0.2) is 18.4 Å². The maximum Gasteiger partial charge on any atom is 0.341 e. The molecule has 3 aromatic rings. The van der Waals surface area contributed by atoms with E-state index in [1.807, 2.05) is 0 Å². The van der Waals surface area contributed by atoms with Crippen molar-refractivity contribution in [2.75, 3.05) is 13.7 Å². The minimum atomic E-state index is -1.54. The fourth-order valence-electron chi connectivity index (χ4n) is 3.51. The molecule has 168 valence electrons. The lowest BCUT2D eigenvalue weighted by Gasteiger charge is -2.19. The topological polar surface area (TPSA) is 126 Å². The zero-order valence-electron chi connectivity index (χ0n) is 16.5. The van der Waals surface area contributed by atoms with Crippen LogP contribution >= 0.6 is 11.6 Å². The van der Waals surface area contributed by atoms with Gasteiger partial charge >= 0.3 is 11.9 Å². The van der Waals surface area contributed by atoms with Crippen LogP contribution in [0.2, 0.25) is 5.02 Å². The zero-order chi connectivity index (χ0) is 23.7. The first-order valence-electron chi connectivity index (χ1n) is 9.09. The molecule has 8 nitrogen and oxygen atoms in total. The number of hydrogen-bond donors (Lipinski definition) is 3. The third kappa shape index (κ3) is 3.90. The molecule has 0 atom stereocenters. The molecular formula is C21H16ClF2NO7. The van der Waals surface area contributed by atoms with Gasteiger partial charge in [-0.1, -0.05) is 11.6 Å². The van der Waals surface area contributed by atoms with Crippen molar-refractivity contribution in [1.82, 2.24) is 4.57 Å². The van der Waals surface area contributed by atoms with Crippen molar-refractivity contribution >= 4 is 34.4 Å². The molecule has 0 spiro atoms. The number of nitrogens with zero attached hydrogens (tertiary/aromatic N) is 1. The Hall–Kier alpha value is -3.50. The van der Waals surface area contributed by atoms with Gasteiger partial charge in [0.25, 0.3) is 0 Å². The van der Waals surface area contributed by atoms with Gasteiger partial charge in [0.2, 0.25) is 5.43 Å². The lowest BCUT2D eigenvalue weighted by atomic mass is 9.95. The molecule has 0 saturated carbocycles. The Morgan fingerprint density at radius 3 is 2.44 bits per heavy atom. The van der Waals surface area contributed by atoms with Crippen LogP contribution in [-0.4, -0.2) is 45.5 Å². The summed E-state index contributed by atoms with van der Waals surface area (Å²) in [6.07, 6.45) is 0.357. The van der Waals surface area contributed by atoms with Crippen LogP contribution in [0.3, 0.4) is 0 Å². The summed E-state index contributed by atoms with van der Waals surface area (Å²) in [4.78, 5) is 36.5. The van der Waals surface area contributed by atoms with E-state index >= 15 is 0 Å². The van der Waals surface area contributed by atoms with Gasteiger partial charge in [-0.3, -0.25) is 4.79 Å². The summed E-state index contributed by atoms with van der Waals surface area (Å²) in [6.45, 7) is -0.632. The van der Waals surface area contributed by atoms with Crippen molar-refractivity contribution in [3.8, 4) is 5.75 Å². The zero-order valence-corrected chi connectivity index (χ0v) is 17.2. The lowest BCUT2D eigenvalue weighted by molar-refractivity contribution is 0.0681. The number of aliphatic hydroxyl groups is 1. The standard InChI is InChI=1S/C21H16ClF2NO7/c1-32-19-15(21(30)31)9(6-10-14(23)3-2-13(22)16(10)24)7-11-17(19)25(4-5-26)8-12(18(11)27)20(28)29/h2-3,7-8,26H,4-6H2,1H3,(H,28,29)(H,30,31). The molecule has 0 radical (unpaired) electrons. The number of hydrogen-bond acceptors (Lipinski definition) is 5. The molecule has 0 aliphatic rings. The monoisotopic (exact) mass is 467 g/mol. The number of carbonyl (C=O) groups is 2. The highest BCUT2D eigenvalue weighted by Gasteiger charge is 2.27. The average molecular weight is 468 g/mol. The summed E-state index contributed by atoms with van der Waals surface area (Å²) in [6, 6.07) is 2.97. The van der Waals surface area contributed by atoms with Crippen LogP contribution < -0.4 is 10.2 Å². The van der Waals surface area contributed by atoms with E-state index < -0.39 is 58.7 Å². The van der Waals surface area contributed by atoms with Crippen molar-refractivity contribution in [3.05, 3.63) is 73.5 Å². The number of halogens is 3. The van der Waals surface area contributed by atoms with Crippen LogP contribution in [-0.2, 0) is 13.0 Å². The van der Waals surface area contributed by atoms with Crippen molar-refractivity contribution in [3.63, 3.8) is 0 Å². The molecule has 1 aromatic heterocycles. The molecule has 3 rings (SSSR count). The van der Waals surface area contributed by atoms with E-state index in [2.05, 4.69) is 0 Å². The smallest absolute Gasteiger partial charge is 0.341 e. The van der Waals surface area contributed by atoms with Crippen LogP contribution in [0, 0.1) is 11.6 Å². The van der Waals surface area contributed by atoms with Gasteiger partial charge in [0.05, 0.1) is 29.6 Å². The van der Waals surface area contributed by atoms with Crippen LogP contribution in [0.15, 0.2) is 29.2 Å². The molecule has 0 fully saturated rings. The molecule has 32 heavy (non-hydrogen) atoms. The Balaban J connectivity index is 2.47. The Kier molecular flexibility index (Phi) is 6.47. The van der Waals surface area contributed by atoms with Gasteiger partial charge in [0.15, 0.2) is 5.75 Å². The third-order valence-electron chi connectivity index (χ3n) is 4.89. The number of fused-ring (bicyclic) bond motifs is 1. The predicted octanol–water partition coefficient (Wildman–Crippen LogP) is 2.92. The minimum absolute atomic E-state index is 0.0789. The quantitative estimate of drug-likeness (QED) is 0.456. The van der Waals surface area contributed by atoms with Crippen LogP contribution in [0.1, 0.15) is 31.8 Å². The first-order valence-corrected chi connectivity index (χ1v) is 9.46. The number of rotatable bonds is 7. The maximum atomic E-state index is 14.5. The second-order valence-corrected chi connectivity index (χ2v) is 7.15. The Morgan fingerprint density at radius 1 is 1.19 bits per heavy atom. The number of carboxylic acids is 2. The molecule has 1 heterocycles. The highest BCUT2D eigenvalue weighted by molar-refractivity contribution is 6.30. The fraction of sp³-hybridized carbons (Fsp3) is 0.190. The Bertz CT molecular complexity index is 1320. The van der Waals surface area contributed by atoms with Gasteiger partial charge in [-0.05, 0) is 23.8 Å². The second kappa shape index (κ2) is 8.93. The summed E-state index contributed by atoms with van der Waals surface area (Å²) in [5.74, 6) is -5.46. The van der Waals surface area contributed by atoms with Crippen molar-refractivity contribution < 1.29 is 38.4 Å². The highest BCUT2D eigenvalue weighted by atomic mass is 35.5. The number of ether oxygens (including phenoxy) is 1. The van der Waals surface area contributed by atoms with Crippen LogP contribution in [0.5, 0.6) is 5.75 Å². The van der Waals surface area contributed by atoms with Gasteiger partial charge in [-0.2, -0.15) is 0 Å². The second-order valence-electron chi connectivity index (χ2n) is 6.74. The molecule has 0 saturated heterocycles. The number of aliphatic hydroxyl groups excluding tert-OH is 1. The molecule has 0 aliphatic heterocycles. The van der Waals surface area contributed by atoms with E-state index in [0.717, 1.165) is 31.5 Å². The molecule has 0 unspecified atom stereocenters. The molecule has 0 aliphatic carbocycles. The number of pyridine rings is 1. The SMILES string of the molecule is COc1c(C(=O)O)c(Cc2c(F)ccc(Cl)c2F)cc2c(=O)c(C(=O)O)cn(CCO)c12. The van der Waals surface area contributed by atoms with Gasteiger partial charge in [0, 0.05) is 24.7 Å². The van der Waals surface area contributed by atoms with Crippen molar-refractivity contribution in [1.29, 1.82) is 0 Å². The molecule has 0 bridgehead atoms. The largest absolute Gasteiger partial charge is 0.494 e. The summed E-state index contributed by atoms with van der Waals surface area (Å²) in [7, 11) is 1.13. The average Bonchev–Trinajstić information content (AvgIpc) is 2.74.